The van der Waals surface area contributed by atoms with Gasteiger partial charge in [-0.3, -0.25) is 9.59 Å². The Hall–Kier alpha value is -4.07. The molecule has 1 saturated heterocycles. The third kappa shape index (κ3) is 6.75. The van der Waals surface area contributed by atoms with Gasteiger partial charge in [0.1, 0.15) is 5.82 Å². The number of nitrogens with zero attached hydrogens (tertiary/aromatic N) is 3. The third-order valence-electron chi connectivity index (χ3n) is 6.28. The zero-order valence-electron chi connectivity index (χ0n) is 20.7. The van der Waals surface area contributed by atoms with Crippen LogP contribution in [-0.2, 0) is 22.6 Å². The Morgan fingerprint density at radius 2 is 1.72 bits per heavy atom. The van der Waals surface area contributed by atoms with Crippen molar-refractivity contribution in [1.29, 1.82) is 0 Å². The first-order valence-electron chi connectivity index (χ1n) is 12.5. The molecule has 0 atom stereocenters. The van der Waals surface area contributed by atoms with Gasteiger partial charge in [0.2, 0.25) is 11.8 Å². The number of hydrogen-bond donors (Lipinski definition) is 3. The molecule has 1 aliphatic heterocycles. The number of hydrogen-bond acceptors (Lipinski definition) is 6. The van der Waals surface area contributed by atoms with Crippen molar-refractivity contribution in [2.75, 3.05) is 41.7 Å². The highest BCUT2D eigenvalue weighted by Crippen LogP contribution is 2.25. The molecule has 3 aromatic rings. The summed E-state index contributed by atoms with van der Waals surface area (Å²) in [5, 5.41) is 6.76. The van der Waals surface area contributed by atoms with Crippen LogP contribution in [0.1, 0.15) is 30.9 Å². The van der Waals surface area contributed by atoms with Crippen LogP contribution in [0.2, 0.25) is 0 Å². The lowest BCUT2D eigenvalue weighted by Crippen LogP contribution is -2.48. The Kier molecular flexibility index (Phi) is 8.39. The van der Waals surface area contributed by atoms with Gasteiger partial charge >= 0.3 is 0 Å². The smallest absolute Gasteiger partial charge is 0.222 e. The molecule has 188 valence electrons. The van der Waals surface area contributed by atoms with Crippen molar-refractivity contribution < 1.29 is 9.59 Å². The molecule has 2 aromatic carbocycles. The van der Waals surface area contributed by atoms with Gasteiger partial charge in [-0.1, -0.05) is 37.3 Å². The van der Waals surface area contributed by atoms with Crippen LogP contribution in [-0.4, -0.2) is 47.9 Å². The van der Waals surface area contributed by atoms with Gasteiger partial charge in [-0.2, -0.15) is 0 Å². The van der Waals surface area contributed by atoms with Crippen LogP contribution in [0.3, 0.4) is 0 Å². The lowest BCUT2D eigenvalue weighted by Gasteiger charge is -2.36. The van der Waals surface area contributed by atoms with Gasteiger partial charge in [0.05, 0.1) is 6.42 Å². The first-order valence-corrected chi connectivity index (χ1v) is 12.5. The number of rotatable bonds is 10. The Balaban J connectivity index is 1.39. The number of piperazine rings is 1. The van der Waals surface area contributed by atoms with E-state index >= 15 is 0 Å². The van der Waals surface area contributed by atoms with E-state index in [0.29, 0.717) is 18.8 Å². The summed E-state index contributed by atoms with van der Waals surface area (Å²) in [6.45, 7) is 5.86. The molecule has 1 aliphatic rings. The quantitative estimate of drug-likeness (QED) is 0.401. The fourth-order valence-corrected chi connectivity index (χ4v) is 4.33. The van der Waals surface area contributed by atoms with Crippen LogP contribution in [0.15, 0.2) is 66.9 Å². The second-order valence-corrected chi connectivity index (χ2v) is 9.00. The number of amides is 2. The summed E-state index contributed by atoms with van der Waals surface area (Å²) in [5.41, 5.74) is 10.2. The topological polar surface area (TPSA) is 104 Å². The molecule has 1 fully saturated rings. The molecule has 8 heteroatoms. The standard InChI is InChI=1S/C28H34N6O2/c1-2-6-28(36)34-15-13-33(14-16-34)24-11-9-23(10-12-24)32-27-18-25(22(20-31-27)17-26(29)35)30-19-21-7-4-3-5-8-21/h3-5,7-12,18,20H,2,6,13-17,19H2,1H3,(H2,29,35)(H2,30,31,32). The third-order valence-corrected chi connectivity index (χ3v) is 6.28. The number of carbonyl (C=O) groups excluding carboxylic acids is 2. The van der Waals surface area contributed by atoms with Crippen molar-refractivity contribution in [3.63, 3.8) is 0 Å². The molecule has 8 nitrogen and oxygen atoms in total. The lowest BCUT2D eigenvalue weighted by atomic mass is 10.1. The zero-order chi connectivity index (χ0) is 25.3. The number of pyridine rings is 1. The van der Waals surface area contributed by atoms with E-state index < -0.39 is 5.91 Å². The molecule has 0 bridgehead atoms. The Bertz CT molecular complexity index is 1160. The predicted octanol–water partition coefficient (Wildman–Crippen LogP) is 3.91. The van der Waals surface area contributed by atoms with Crippen LogP contribution >= 0.6 is 0 Å². The second-order valence-electron chi connectivity index (χ2n) is 9.00. The number of aromatic nitrogens is 1. The molecule has 0 spiro atoms. The van der Waals surface area contributed by atoms with Crippen molar-refractivity contribution in [2.24, 2.45) is 5.73 Å². The van der Waals surface area contributed by atoms with E-state index in [1.807, 2.05) is 60.4 Å². The monoisotopic (exact) mass is 486 g/mol. The molecule has 4 rings (SSSR count). The summed E-state index contributed by atoms with van der Waals surface area (Å²) in [5.74, 6) is 0.532. The van der Waals surface area contributed by atoms with Gasteiger partial charge in [-0.15, -0.1) is 0 Å². The lowest BCUT2D eigenvalue weighted by molar-refractivity contribution is -0.131. The largest absolute Gasteiger partial charge is 0.381 e. The molecule has 2 amide bonds. The van der Waals surface area contributed by atoms with E-state index in [-0.39, 0.29) is 12.3 Å². The molecule has 0 unspecified atom stereocenters. The average molecular weight is 487 g/mol. The van der Waals surface area contributed by atoms with Crippen molar-refractivity contribution in [2.45, 2.75) is 32.7 Å². The fourth-order valence-electron chi connectivity index (χ4n) is 4.33. The summed E-state index contributed by atoms with van der Waals surface area (Å²) < 4.78 is 0. The first kappa shape index (κ1) is 25.0. The number of benzene rings is 2. The number of anilines is 4. The van der Waals surface area contributed by atoms with Gasteiger partial charge < -0.3 is 26.2 Å². The number of primary amides is 1. The predicted molar refractivity (Wildman–Crippen MR) is 144 cm³/mol. The minimum absolute atomic E-state index is 0.121. The van der Waals surface area contributed by atoms with Crippen molar-refractivity contribution in [3.8, 4) is 0 Å². The Morgan fingerprint density at radius 1 is 1.00 bits per heavy atom. The SMILES string of the molecule is CCCC(=O)N1CCN(c2ccc(Nc3cc(NCc4ccccc4)c(CC(N)=O)cn3)cc2)CC1. The highest BCUT2D eigenvalue weighted by atomic mass is 16.2. The van der Waals surface area contributed by atoms with Gasteiger partial charge in [0.25, 0.3) is 0 Å². The van der Waals surface area contributed by atoms with Crippen molar-refractivity contribution in [3.05, 3.63) is 78.0 Å². The van der Waals surface area contributed by atoms with Gasteiger partial charge in [-0.05, 0) is 36.2 Å². The van der Waals surface area contributed by atoms with Crippen molar-refractivity contribution in [1.82, 2.24) is 9.88 Å². The minimum Gasteiger partial charge on any atom is -0.381 e. The highest BCUT2D eigenvalue weighted by Gasteiger charge is 2.20. The van der Waals surface area contributed by atoms with Gasteiger partial charge in [0.15, 0.2) is 0 Å². The summed E-state index contributed by atoms with van der Waals surface area (Å²) in [4.78, 5) is 32.4. The van der Waals surface area contributed by atoms with E-state index in [4.69, 9.17) is 5.73 Å². The Labute approximate surface area is 212 Å². The maximum Gasteiger partial charge on any atom is 0.222 e. The highest BCUT2D eigenvalue weighted by molar-refractivity contribution is 5.79. The summed E-state index contributed by atoms with van der Waals surface area (Å²) in [6, 6.07) is 20.2. The molecular formula is C28H34N6O2. The van der Waals surface area contributed by atoms with Crippen LogP contribution in [0.4, 0.5) is 22.9 Å². The number of nitrogens with two attached hydrogens (primary N) is 1. The maximum atomic E-state index is 12.1. The first-order chi connectivity index (χ1) is 17.5. The minimum atomic E-state index is -0.397. The van der Waals surface area contributed by atoms with Gasteiger partial charge in [0, 0.05) is 74.0 Å². The number of carbonyl (C=O) groups is 2. The molecule has 1 aromatic heterocycles. The molecule has 0 radical (unpaired) electrons. The van der Waals surface area contributed by atoms with E-state index in [0.717, 1.165) is 60.8 Å². The molecular weight excluding hydrogens is 452 g/mol. The average Bonchev–Trinajstić information content (AvgIpc) is 2.90. The summed E-state index contributed by atoms with van der Waals surface area (Å²) in [7, 11) is 0. The Morgan fingerprint density at radius 3 is 2.39 bits per heavy atom. The normalized spacial score (nSPS) is 13.4. The van der Waals surface area contributed by atoms with Crippen molar-refractivity contribution >= 4 is 34.7 Å². The molecule has 2 heterocycles. The van der Waals surface area contributed by atoms with E-state index in [1.54, 1.807) is 6.20 Å². The zero-order valence-corrected chi connectivity index (χ0v) is 20.7. The van der Waals surface area contributed by atoms with E-state index in [1.165, 1.54) is 0 Å². The molecule has 0 aliphatic carbocycles. The van der Waals surface area contributed by atoms with Crippen LogP contribution < -0.4 is 21.3 Å². The van der Waals surface area contributed by atoms with Crippen LogP contribution in [0.5, 0.6) is 0 Å². The van der Waals surface area contributed by atoms with Crippen LogP contribution in [0.25, 0.3) is 0 Å². The molecule has 36 heavy (non-hydrogen) atoms. The second kappa shape index (κ2) is 12.1. The molecule has 4 N–H and O–H groups in total. The fraction of sp³-hybridized carbons (Fsp3) is 0.321. The van der Waals surface area contributed by atoms with E-state index in [2.05, 4.69) is 32.7 Å². The number of nitrogens with one attached hydrogen (secondary N) is 2. The maximum absolute atomic E-state index is 12.1. The van der Waals surface area contributed by atoms with E-state index in [9.17, 15) is 9.59 Å². The molecule has 0 saturated carbocycles. The summed E-state index contributed by atoms with van der Waals surface area (Å²) >= 11 is 0. The van der Waals surface area contributed by atoms with Crippen LogP contribution in [0, 0.1) is 0 Å². The van der Waals surface area contributed by atoms with Gasteiger partial charge in [-0.25, -0.2) is 4.98 Å². The summed E-state index contributed by atoms with van der Waals surface area (Å²) in [6.07, 6.45) is 3.33.